The van der Waals surface area contributed by atoms with E-state index in [1.54, 1.807) is 6.21 Å². The van der Waals surface area contributed by atoms with Crippen LogP contribution in [0.2, 0.25) is 0 Å². The van der Waals surface area contributed by atoms with Crippen LogP contribution in [0.4, 0.5) is 0 Å². The van der Waals surface area contributed by atoms with Gasteiger partial charge in [-0.05, 0) is 38.0 Å². The number of hydrogen-bond donors (Lipinski definition) is 1. The molecule has 0 aromatic rings. The number of halogens is 1. The van der Waals surface area contributed by atoms with E-state index in [1.165, 1.54) is 18.4 Å². The number of rotatable bonds is 2. The van der Waals surface area contributed by atoms with Crippen molar-refractivity contribution in [2.45, 2.75) is 38.8 Å². The van der Waals surface area contributed by atoms with E-state index in [2.05, 4.69) is 4.99 Å². The molecule has 82 valence electrons. The van der Waals surface area contributed by atoms with Crippen LogP contribution in [0.15, 0.2) is 16.3 Å². The summed E-state index contributed by atoms with van der Waals surface area (Å²) in [6.07, 6.45) is 5.75. The van der Waals surface area contributed by atoms with Gasteiger partial charge in [-0.25, -0.2) is 0 Å². The minimum atomic E-state index is -0.289. The number of ether oxygens (including phenoxy) is 1. The van der Waals surface area contributed by atoms with Gasteiger partial charge in [0.05, 0.1) is 11.7 Å². The molecule has 2 aliphatic rings. The molecule has 15 heavy (non-hydrogen) atoms. The van der Waals surface area contributed by atoms with Crippen LogP contribution >= 0.6 is 11.6 Å². The van der Waals surface area contributed by atoms with E-state index in [4.69, 9.17) is 21.7 Å². The van der Waals surface area contributed by atoms with Gasteiger partial charge in [0.25, 0.3) is 0 Å². The highest BCUT2D eigenvalue weighted by molar-refractivity contribution is 6.65. The summed E-state index contributed by atoms with van der Waals surface area (Å²) in [5.41, 5.74) is 1.21. The molecule has 0 spiro atoms. The van der Waals surface area contributed by atoms with Crippen LogP contribution < -0.4 is 0 Å². The maximum atomic E-state index is 7.60. The Morgan fingerprint density at radius 3 is 2.93 bits per heavy atom. The fourth-order valence-corrected chi connectivity index (χ4v) is 2.53. The van der Waals surface area contributed by atoms with Crippen LogP contribution in [-0.4, -0.2) is 17.6 Å². The zero-order valence-electron chi connectivity index (χ0n) is 8.79. The standard InChI is InChI=1S/C11H15ClN2O/c1-2-14-11-9(10(12)13)7-5-3-4-6-8(7)15-11/h2,9,11,13H,3-6H2,1H3/b13-10?,14-2+. The quantitative estimate of drug-likeness (QED) is 0.723. The Morgan fingerprint density at radius 1 is 1.53 bits per heavy atom. The first-order chi connectivity index (χ1) is 7.24. The average Bonchev–Trinajstić information content (AvgIpc) is 2.56. The van der Waals surface area contributed by atoms with Crippen molar-refractivity contribution in [3.8, 4) is 0 Å². The second-order valence-corrected chi connectivity index (χ2v) is 4.30. The zero-order chi connectivity index (χ0) is 10.8. The second kappa shape index (κ2) is 4.35. The smallest absolute Gasteiger partial charge is 0.201 e. The minimum absolute atomic E-state index is 0.127. The molecular formula is C11H15ClN2O. The normalized spacial score (nSPS) is 30.5. The third-order valence-electron chi connectivity index (χ3n) is 2.95. The van der Waals surface area contributed by atoms with Crippen LogP contribution in [0.25, 0.3) is 0 Å². The maximum absolute atomic E-state index is 7.60. The van der Waals surface area contributed by atoms with Crippen molar-refractivity contribution in [3.05, 3.63) is 11.3 Å². The van der Waals surface area contributed by atoms with Gasteiger partial charge in [0.15, 0.2) is 0 Å². The number of aliphatic imine (C=N–C) groups is 1. The number of hydrogen-bond acceptors (Lipinski definition) is 3. The third-order valence-corrected chi connectivity index (χ3v) is 3.19. The Balaban J connectivity index is 2.26. The van der Waals surface area contributed by atoms with E-state index in [0.717, 1.165) is 18.6 Å². The molecule has 1 aliphatic heterocycles. The summed E-state index contributed by atoms with van der Waals surface area (Å²) < 4.78 is 5.74. The zero-order valence-corrected chi connectivity index (χ0v) is 9.55. The lowest BCUT2D eigenvalue weighted by atomic mass is 9.90. The fraction of sp³-hybridized carbons (Fsp3) is 0.636. The first-order valence-corrected chi connectivity index (χ1v) is 5.72. The summed E-state index contributed by atoms with van der Waals surface area (Å²) in [5, 5.41) is 7.75. The molecule has 0 saturated heterocycles. The largest absolute Gasteiger partial charge is 0.472 e. The highest BCUT2D eigenvalue weighted by Crippen LogP contribution is 2.41. The van der Waals surface area contributed by atoms with Crippen LogP contribution in [0.5, 0.6) is 0 Å². The number of nitrogens with one attached hydrogen (secondary N) is 1. The molecule has 2 unspecified atom stereocenters. The lowest BCUT2D eigenvalue weighted by molar-refractivity contribution is 0.131. The Hall–Kier alpha value is -0.830. The van der Waals surface area contributed by atoms with Crippen LogP contribution in [0.1, 0.15) is 32.6 Å². The molecule has 0 saturated carbocycles. The molecule has 3 nitrogen and oxygen atoms in total. The first-order valence-electron chi connectivity index (χ1n) is 5.34. The summed E-state index contributed by atoms with van der Waals surface area (Å²) in [6.45, 7) is 1.86. The summed E-state index contributed by atoms with van der Waals surface area (Å²) in [4.78, 5) is 4.24. The van der Waals surface area contributed by atoms with E-state index < -0.39 is 0 Å². The van der Waals surface area contributed by atoms with Crippen molar-refractivity contribution in [2.24, 2.45) is 10.9 Å². The summed E-state index contributed by atoms with van der Waals surface area (Å²) in [6, 6.07) is 0. The average molecular weight is 227 g/mol. The van der Waals surface area contributed by atoms with Crippen molar-refractivity contribution in [1.29, 1.82) is 5.41 Å². The summed E-state index contributed by atoms with van der Waals surface area (Å²) in [7, 11) is 0. The van der Waals surface area contributed by atoms with Crippen molar-refractivity contribution in [3.63, 3.8) is 0 Å². The van der Waals surface area contributed by atoms with Gasteiger partial charge in [0, 0.05) is 6.42 Å². The Labute approximate surface area is 94.7 Å². The molecule has 2 atom stereocenters. The van der Waals surface area contributed by atoms with Gasteiger partial charge in [-0.2, -0.15) is 0 Å². The summed E-state index contributed by atoms with van der Waals surface area (Å²) in [5.74, 6) is 0.908. The molecule has 1 heterocycles. The van der Waals surface area contributed by atoms with Gasteiger partial charge in [0.1, 0.15) is 5.17 Å². The maximum Gasteiger partial charge on any atom is 0.201 e. The highest BCUT2D eigenvalue weighted by atomic mass is 35.5. The van der Waals surface area contributed by atoms with Gasteiger partial charge in [-0.3, -0.25) is 10.4 Å². The molecule has 4 heteroatoms. The van der Waals surface area contributed by atoms with E-state index >= 15 is 0 Å². The molecule has 0 bridgehead atoms. The lowest BCUT2D eigenvalue weighted by Crippen LogP contribution is -2.22. The monoisotopic (exact) mass is 226 g/mol. The molecule has 0 radical (unpaired) electrons. The van der Waals surface area contributed by atoms with Crippen molar-refractivity contribution < 1.29 is 4.74 Å². The predicted octanol–water partition coefficient (Wildman–Crippen LogP) is 3.09. The Kier molecular flexibility index (Phi) is 3.10. The molecule has 1 aliphatic carbocycles. The highest BCUT2D eigenvalue weighted by Gasteiger charge is 2.39. The molecule has 0 fully saturated rings. The predicted molar refractivity (Wildman–Crippen MR) is 61.6 cm³/mol. The molecule has 0 aromatic carbocycles. The number of allylic oxidation sites excluding steroid dienone is 1. The van der Waals surface area contributed by atoms with E-state index in [0.29, 0.717) is 0 Å². The molecule has 0 aromatic heterocycles. The van der Waals surface area contributed by atoms with Crippen molar-refractivity contribution >= 4 is 23.0 Å². The SMILES string of the molecule is C/C=N/C1OC2=C(CCCC2)C1C(=N)Cl. The van der Waals surface area contributed by atoms with Crippen LogP contribution in [0.3, 0.4) is 0 Å². The fourth-order valence-electron chi connectivity index (χ4n) is 2.29. The van der Waals surface area contributed by atoms with E-state index in [9.17, 15) is 0 Å². The molecular weight excluding hydrogens is 212 g/mol. The van der Waals surface area contributed by atoms with Gasteiger partial charge < -0.3 is 4.74 Å². The minimum Gasteiger partial charge on any atom is -0.472 e. The molecule has 0 amide bonds. The van der Waals surface area contributed by atoms with Gasteiger partial charge >= 0.3 is 0 Å². The van der Waals surface area contributed by atoms with E-state index in [1.807, 2.05) is 6.92 Å². The first kappa shape index (κ1) is 10.7. The van der Waals surface area contributed by atoms with Gasteiger partial charge in [-0.1, -0.05) is 11.6 Å². The van der Waals surface area contributed by atoms with E-state index in [-0.39, 0.29) is 17.3 Å². The lowest BCUT2D eigenvalue weighted by Gasteiger charge is -2.15. The Morgan fingerprint density at radius 2 is 2.27 bits per heavy atom. The van der Waals surface area contributed by atoms with Gasteiger partial charge in [-0.15, -0.1) is 0 Å². The van der Waals surface area contributed by atoms with Crippen LogP contribution in [-0.2, 0) is 4.74 Å². The van der Waals surface area contributed by atoms with Crippen LogP contribution in [0, 0.1) is 11.3 Å². The third kappa shape index (κ3) is 1.93. The van der Waals surface area contributed by atoms with Crippen molar-refractivity contribution in [2.75, 3.05) is 0 Å². The molecule has 1 N–H and O–H groups in total. The van der Waals surface area contributed by atoms with Crippen molar-refractivity contribution in [1.82, 2.24) is 0 Å². The van der Waals surface area contributed by atoms with Gasteiger partial charge in [0.2, 0.25) is 6.23 Å². The Bertz CT molecular complexity index is 335. The summed E-state index contributed by atoms with van der Waals surface area (Å²) >= 11 is 5.83. The second-order valence-electron chi connectivity index (χ2n) is 3.90. The number of nitrogens with zero attached hydrogens (tertiary/aromatic N) is 1. The topological polar surface area (TPSA) is 45.4 Å². The molecule has 2 rings (SSSR count).